The zero-order valence-electron chi connectivity index (χ0n) is 13.1. The molecule has 0 aliphatic carbocycles. The summed E-state index contributed by atoms with van der Waals surface area (Å²) < 4.78 is 36.0. The molecule has 3 rings (SSSR count). The van der Waals surface area contributed by atoms with Gasteiger partial charge in [0.1, 0.15) is 4.90 Å². The number of hydrogen-bond acceptors (Lipinski definition) is 5. The molecular weight excluding hydrogens is 357 g/mol. The molecule has 1 fully saturated rings. The van der Waals surface area contributed by atoms with Crippen molar-refractivity contribution >= 4 is 39.2 Å². The van der Waals surface area contributed by atoms with Gasteiger partial charge in [-0.2, -0.15) is 8.42 Å². The van der Waals surface area contributed by atoms with Crippen LogP contribution in [0.2, 0.25) is 0 Å². The van der Waals surface area contributed by atoms with Crippen LogP contribution in [0.15, 0.2) is 27.9 Å². The second kappa shape index (κ2) is 7.08. The highest BCUT2D eigenvalue weighted by Gasteiger charge is 2.19. The van der Waals surface area contributed by atoms with Gasteiger partial charge < -0.3 is 15.6 Å². The van der Waals surface area contributed by atoms with Gasteiger partial charge in [0.25, 0.3) is 5.56 Å². The molecular formula is C15H19ClFN3O3S. The Bertz CT molecular complexity index is 908. The van der Waals surface area contributed by atoms with Gasteiger partial charge in [0, 0.05) is 17.0 Å². The Morgan fingerprint density at radius 1 is 1.21 bits per heavy atom. The molecule has 9 heteroatoms. The number of fused-ring (bicyclic) bond motifs is 1. The number of piperidine rings is 1. The highest BCUT2D eigenvalue weighted by molar-refractivity contribution is 7.86. The molecule has 0 amide bonds. The summed E-state index contributed by atoms with van der Waals surface area (Å²) in [6.07, 6.45) is 1.73. The van der Waals surface area contributed by atoms with E-state index in [2.05, 4.69) is 15.6 Å². The van der Waals surface area contributed by atoms with Gasteiger partial charge in [-0.1, -0.05) is 0 Å². The van der Waals surface area contributed by atoms with Crippen molar-refractivity contribution in [2.24, 2.45) is 0 Å². The summed E-state index contributed by atoms with van der Waals surface area (Å²) in [5.74, 6) is 0. The van der Waals surface area contributed by atoms with E-state index in [1.807, 2.05) is 0 Å². The number of halogens is 2. The molecule has 0 saturated carbocycles. The summed E-state index contributed by atoms with van der Waals surface area (Å²) in [4.78, 5) is 14.2. The quantitative estimate of drug-likeness (QED) is 0.714. The van der Waals surface area contributed by atoms with Gasteiger partial charge >= 0.3 is 10.2 Å². The number of nitrogens with one attached hydrogen (secondary N) is 3. The molecule has 0 radical (unpaired) electrons. The maximum absolute atomic E-state index is 13.5. The molecule has 132 valence electrons. The molecule has 2 heterocycles. The molecule has 24 heavy (non-hydrogen) atoms. The standard InChI is InChI=1S/C15H18FN3O3S.ClH/c1-9-6-10-7-12(23(16,21)22)8-13(14(10)19-15(9)20)18-11-2-4-17-5-3-11;/h6-8,11,17-18H,2-5H2,1H3,(H,19,20);1H. The predicted molar refractivity (Wildman–Crippen MR) is 94.4 cm³/mol. The fourth-order valence-corrected chi connectivity index (χ4v) is 3.37. The maximum Gasteiger partial charge on any atom is 0.332 e. The molecule has 0 atom stereocenters. The smallest absolute Gasteiger partial charge is 0.332 e. The monoisotopic (exact) mass is 375 g/mol. The maximum atomic E-state index is 13.5. The number of rotatable bonds is 3. The first-order valence-corrected chi connectivity index (χ1v) is 8.82. The van der Waals surface area contributed by atoms with E-state index < -0.39 is 15.1 Å². The Hall–Kier alpha value is -1.64. The molecule has 0 spiro atoms. The number of aromatic amines is 1. The zero-order chi connectivity index (χ0) is 16.6. The third kappa shape index (κ3) is 3.88. The lowest BCUT2D eigenvalue weighted by Gasteiger charge is -2.25. The predicted octanol–water partition coefficient (Wildman–Crippen LogP) is 2.08. The minimum Gasteiger partial charge on any atom is -0.380 e. The minimum atomic E-state index is -4.82. The summed E-state index contributed by atoms with van der Waals surface area (Å²) in [6, 6.07) is 4.18. The van der Waals surface area contributed by atoms with Gasteiger partial charge in [-0.15, -0.1) is 16.3 Å². The van der Waals surface area contributed by atoms with Gasteiger partial charge in [-0.05, 0) is 51.1 Å². The second-order valence-corrected chi connectivity index (χ2v) is 7.17. The van der Waals surface area contributed by atoms with Crippen LogP contribution in [0.1, 0.15) is 18.4 Å². The number of anilines is 1. The van der Waals surface area contributed by atoms with E-state index in [4.69, 9.17) is 0 Å². The van der Waals surface area contributed by atoms with Crippen molar-refractivity contribution in [1.82, 2.24) is 10.3 Å². The number of benzene rings is 1. The van der Waals surface area contributed by atoms with Crippen molar-refractivity contribution in [2.45, 2.75) is 30.7 Å². The summed E-state index contributed by atoms with van der Waals surface area (Å²) in [6.45, 7) is 3.33. The van der Waals surface area contributed by atoms with Crippen molar-refractivity contribution in [3.05, 3.63) is 34.1 Å². The number of aryl methyl sites for hydroxylation is 1. The molecule has 2 aromatic rings. The van der Waals surface area contributed by atoms with Crippen LogP contribution in [0.25, 0.3) is 10.9 Å². The van der Waals surface area contributed by atoms with E-state index in [0.29, 0.717) is 22.2 Å². The molecule has 1 aromatic carbocycles. The van der Waals surface area contributed by atoms with Gasteiger partial charge in [-0.25, -0.2) is 0 Å². The van der Waals surface area contributed by atoms with Crippen LogP contribution in [0.5, 0.6) is 0 Å². The minimum absolute atomic E-state index is 0. The van der Waals surface area contributed by atoms with Crippen molar-refractivity contribution in [2.75, 3.05) is 18.4 Å². The second-order valence-electron chi connectivity index (χ2n) is 5.82. The lowest BCUT2D eigenvalue weighted by Crippen LogP contribution is -2.35. The average Bonchev–Trinajstić information content (AvgIpc) is 2.49. The lowest BCUT2D eigenvalue weighted by molar-refractivity contribution is 0.479. The normalized spacial score (nSPS) is 15.9. The largest absolute Gasteiger partial charge is 0.380 e. The molecule has 1 aliphatic rings. The van der Waals surface area contributed by atoms with Crippen LogP contribution in [0.4, 0.5) is 9.57 Å². The van der Waals surface area contributed by atoms with Gasteiger partial charge in [0.05, 0.1) is 11.2 Å². The molecule has 6 nitrogen and oxygen atoms in total. The highest BCUT2D eigenvalue weighted by atomic mass is 35.5. The van der Waals surface area contributed by atoms with E-state index in [1.54, 1.807) is 13.0 Å². The van der Waals surface area contributed by atoms with E-state index >= 15 is 0 Å². The number of hydrogen-bond donors (Lipinski definition) is 3. The molecule has 3 N–H and O–H groups in total. The summed E-state index contributed by atoms with van der Waals surface area (Å²) in [5, 5.41) is 6.96. The summed E-state index contributed by atoms with van der Waals surface area (Å²) in [7, 11) is -4.82. The molecule has 1 aliphatic heterocycles. The van der Waals surface area contributed by atoms with E-state index in [0.717, 1.165) is 25.9 Å². The van der Waals surface area contributed by atoms with Crippen LogP contribution >= 0.6 is 12.4 Å². The van der Waals surface area contributed by atoms with E-state index in [-0.39, 0.29) is 24.0 Å². The van der Waals surface area contributed by atoms with Crippen LogP contribution in [0, 0.1) is 6.92 Å². The van der Waals surface area contributed by atoms with Crippen LogP contribution in [-0.2, 0) is 10.2 Å². The van der Waals surface area contributed by atoms with Crippen LogP contribution < -0.4 is 16.2 Å². The average molecular weight is 376 g/mol. The molecule has 1 aromatic heterocycles. The van der Waals surface area contributed by atoms with Crippen molar-refractivity contribution in [3.8, 4) is 0 Å². The van der Waals surface area contributed by atoms with Gasteiger partial charge in [0.15, 0.2) is 0 Å². The molecule has 1 saturated heterocycles. The Morgan fingerprint density at radius 2 is 1.88 bits per heavy atom. The topological polar surface area (TPSA) is 91.1 Å². The first kappa shape index (κ1) is 18.7. The first-order valence-electron chi connectivity index (χ1n) is 7.44. The number of pyridine rings is 1. The lowest BCUT2D eigenvalue weighted by atomic mass is 10.1. The SMILES string of the molecule is Cc1cc2cc(S(=O)(=O)F)cc(NC3CCNCC3)c2[nH]c1=O.Cl. The van der Waals surface area contributed by atoms with Gasteiger partial charge in [-0.3, -0.25) is 4.79 Å². The van der Waals surface area contributed by atoms with Crippen molar-refractivity contribution in [1.29, 1.82) is 0 Å². The van der Waals surface area contributed by atoms with E-state index in [9.17, 15) is 17.1 Å². The van der Waals surface area contributed by atoms with Crippen molar-refractivity contribution in [3.63, 3.8) is 0 Å². The van der Waals surface area contributed by atoms with Gasteiger partial charge in [0.2, 0.25) is 0 Å². The Balaban J connectivity index is 0.00000208. The first-order chi connectivity index (χ1) is 10.8. The third-order valence-electron chi connectivity index (χ3n) is 4.09. The van der Waals surface area contributed by atoms with Crippen LogP contribution in [-0.4, -0.2) is 32.5 Å². The van der Waals surface area contributed by atoms with E-state index in [1.165, 1.54) is 12.1 Å². The highest BCUT2D eigenvalue weighted by Crippen LogP contribution is 2.28. The fourth-order valence-electron chi connectivity index (χ4n) is 2.84. The number of H-pyrrole nitrogens is 1. The van der Waals surface area contributed by atoms with Crippen molar-refractivity contribution < 1.29 is 12.3 Å². The Morgan fingerprint density at radius 3 is 2.50 bits per heavy atom. The van der Waals surface area contributed by atoms with Crippen LogP contribution in [0.3, 0.4) is 0 Å². The summed E-state index contributed by atoms with van der Waals surface area (Å²) >= 11 is 0. The third-order valence-corrected chi connectivity index (χ3v) is 4.89. The number of aromatic nitrogens is 1. The zero-order valence-corrected chi connectivity index (χ0v) is 14.7. The fraction of sp³-hybridized carbons (Fsp3) is 0.400. The Kier molecular flexibility index (Phi) is 5.52. The Labute approximate surface area is 145 Å². The molecule has 0 bridgehead atoms. The molecule has 0 unspecified atom stereocenters. The summed E-state index contributed by atoms with van der Waals surface area (Å²) in [5.41, 5.74) is 1.12.